The molecule has 0 amide bonds. The van der Waals surface area contributed by atoms with Gasteiger partial charge in [-0.05, 0) is 73.9 Å². The Hall–Kier alpha value is -3.93. The zero-order valence-electron chi connectivity index (χ0n) is 23.8. The molecule has 0 spiro atoms. The zero-order valence-corrected chi connectivity index (χ0v) is 23.8. The summed E-state index contributed by atoms with van der Waals surface area (Å²) >= 11 is 0. The molecule has 2 N–H and O–H groups in total. The lowest BCUT2D eigenvalue weighted by Gasteiger charge is -2.13. The first-order valence-corrected chi connectivity index (χ1v) is 12.9. The second-order valence-electron chi connectivity index (χ2n) is 7.55. The van der Waals surface area contributed by atoms with Crippen LogP contribution in [0.1, 0.15) is 58.2 Å². The summed E-state index contributed by atoms with van der Waals surface area (Å²) in [4.78, 5) is 13.8. The van der Waals surface area contributed by atoms with Crippen molar-refractivity contribution in [3.8, 4) is 51.4 Å². The van der Waals surface area contributed by atoms with Crippen LogP contribution < -0.4 is 4.74 Å². The summed E-state index contributed by atoms with van der Waals surface area (Å²) in [5.41, 5.74) is 4.54. The summed E-state index contributed by atoms with van der Waals surface area (Å²) in [6.45, 7) is 17.8. The Labute approximate surface area is 222 Å². The standard InChI is InChI=1S/C25H23N3O3.3C2H6/c1-14-5-8-17(20(29)11-14)23-26-24(18-9-6-15(2)12-21(18)30)28-25(27-23)19-10-7-16(3)13-22(19)31-4;3*1-2/h5-13,29-30H,1-4H3;3*1-2H3. The highest BCUT2D eigenvalue weighted by atomic mass is 16.5. The highest BCUT2D eigenvalue weighted by molar-refractivity contribution is 5.74. The average Bonchev–Trinajstić information content (AvgIpc) is 2.91. The molecule has 37 heavy (non-hydrogen) atoms. The number of methoxy groups -OCH3 is 1. The summed E-state index contributed by atoms with van der Waals surface area (Å²) in [6.07, 6.45) is 0. The van der Waals surface area contributed by atoms with E-state index in [1.807, 2.05) is 92.6 Å². The third-order valence-corrected chi connectivity index (χ3v) is 5.02. The molecule has 0 aliphatic rings. The van der Waals surface area contributed by atoms with Crippen molar-refractivity contribution in [3.63, 3.8) is 0 Å². The fourth-order valence-electron chi connectivity index (χ4n) is 3.38. The molecule has 1 aromatic heterocycles. The van der Waals surface area contributed by atoms with Gasteiger partial charge in [-0.2, -0.15) is 0 Å². The molecule has 0 atom stereocenters. The molecule has 0 saturated heterocycles. The van der Waals surface area contributed by atoms with Gasteiger partial charge in [0.25, 0.3) is 0 Å². The van der Waals surface area contributed by atoms with Crippen LogP contribution >= 0.6 is 0 Å². The van der Waals surface area contributed by atoms with Crippen LogP contribution in [0.4, 0.5) is 0 Å². The van der Waals surface area contributed by atoms with Crippen molar-refractivity contribution < 1.29 is 14.9 Å². The maximum Gasteiger partial charge on any atom is 0.167 e. The first-order chi connectivity index (χ1) is 17.9. The SMILES string of the molecule is CC.CC.CC.COc1cc(C)ccc1-c1nc(-c2ccc(C)cc2O)nc(-c2ccc(C)cc2O)n1. The first kappa shape index (κ1) is 31.1. The Morgan fingerprint density at radius 1 is 0.514 bits per heavy atom. The third-order valence-electron chi connectivity index (χ3n) is 5.02. The number of hydrogen-bond acceptors (Lipinski definition) is 6. The summed E-state index contributed by atoms with van der Waals surface area (Å²) in [7, 11) is 1.60. The van der Waals surface area contributed by atoms with Crippen LogP contribution in [0, 0.1) is 20.8 Å². The van der Waals surface area contributed by atoms with E-state index in [4.69, 9.17) is 4.74 Å². The monoisotopic (exact) mass is 503 g/mol. The molecule has 4 aromatic rings. The van der Waals surface area contributed by atoms with Gasteiger partial charge in [-0.3, -0.25) is 0 Å². The van der Waals surface area contributed by atoms with Gasteiger partial charge in [0, 0.05) is 0 Å². The summed E-state index contributed by atoms with van der Waals surface area (Å²) in [5, 5.41) is 21.0. The van der Waals surface area contributed by atoms with Crippen LogP contribution in [0.25, 0.3) is 34.2 Å². The van der Waals surface area contributed by atoms with Gasteiger partial charge in [-0.1, -0.05) is 59.7 Å². The Bertz CT molecular complexity index is 1220. The van der Waals surface area contributed by atoms with Crippen LogP contribution in [0.3, 0.4) is 0 Å². The number of phenols is 2. The lowest BCUT2D eigenvalue weighted by atomic mass is 10.1. The van der Waals surface area contributed by atoms with Gasteiger partial charge in [0.2, 0.25) is 0 Å². The van der Waals surface area contributed by atoms with E-state index in [-0.39, 0.29) is 11.5 Å². The molecule has 3 aromatic carbocycles. The number of aromatic nitrogens is 3. The van der Waals surface area contributed by atoms with Crippen LogP contribution in [0.2, 0.25) is 0 Å². The van der Waals surface area contributed by atoms with E-state index in [0.29, 0.717) is 39.9 Å². The maximum atomic E-state index is 10.5. The van der Waals surface area contributed by atoms with Crippen molar-refractivity contribution in [1.29, 1.82) is 0 Å². The smallest absolute Gasteiger partial charge is 0.167 e. The maximum absolute atomic E-state index is 10.5. The Morgan fingerprint density at radius 2 is 0.838 bits per heavy atom. The molecule has 0 aliphatic carbocycles. The number of nitrogens with zero attached hydrogens (tertiary/aromatic N) is 3. The number of rotatable bonds is 4. The highest BCUT2D eigenvalue weighted by Gasteiger charge is 2.18. The minimum atomic E-state index is 0.0760. The van der Waals surface area contributed by atoms with Crippen molar-refractivity contribution >= 4 is 0 Å². The van der Waals surface area contributed by atoms with Crippen LogP contribution in [0.15, 0.2) is 54.6 Å². The summed E-state index contributed by atoms with van der Waals surface area (Å²) < 4.78 is 5.55. The molecular formula is C31H41N3O3. The van der Waals surface area contributed by atoms with Gasteiger partial charge in [-0.15, -0.1) is 0 Å². The van der Waals surface area contributed by atoms with E-state index in [1.54, 1.807) is 31.4 Å². The molecule has 0 bridgehead atoms. The molecule has 198 valence electrons. The highest BCUT2D eigenvalue weighted by Crippen LogP contribution is 2.35. The second kappa shape index (κ2) is 15.2. The van der Waals surface area contributed by atoms with Gasteiger partial charge < -0.3 is 14.9 Å². The van der Waals surface area contributed by atoms with Crippen LogP contribution in [-0.4, -0.2) is 32.3 Å². The quantitative estimate of drug-likeness (QED) is 0.291. The minimum absolute atomic E-state index is 0.0760. The van der Waals surface area contributed by atoms with Crippen LogP contribution in [0.5, 0.6) is 17.2 Å². The molecule has 0 unspecified atom stereocenters. The van der Waals surface area contributed by atoms with Gasteiger partial charge >= 0.3 is 0 Å². The number of hydrogen-bond donors (Lipinski definition) is 2. The lowest BCUT2D eigenvalue weighted by molar-refractivity contribution is 0.416. The fourth-order valence-corrected chi connectivity index (χ4v) is 3.38. The number of ether oxygens (including phenoxy) is 1. The predicted octanol–water partition coefficient (Wildman–Crippen LogP) is 8.30. The molecule has 4 rings (SSSR count). The fraction of sp³-hybridized carbons (Fsp3) is 0.323. The number of phenolic OH excluding ortho intramolecular Hbond substituents is 2. The van der Waals surface area contributed by atoms with Crippen LogP contribution in [-0.2, 0) is 0 Å². The van der Waals surface area contributed by atoms with Crippen molar-refractivity contribution in [2.24, 2.45) is 0 Å². The average molecular weight is 504 g/mol. The zero-order chi connectivity index (χ0) is 28.1. The van der Waals surface area contributed by atoms with E-state index in [2.05, 4.69) is 15.0 Å². The number of benzene rings is 3. The van der Waals surface area contributed by atoms with E-state index in [9.17, 15) is 10.2 Å². The molecule has 0 radical (unpaired) electrons. The minimum Gasteiger partial charge on any atom is -0.507 e. The topological polar surface area (TPSA) is 88.4 Å². The molecule has 1 heterocycles. The summed E-state index contributed by atoms with van der Waals surface area (Å²) in [6, 6.07) is 16.4. The number of aryl methyl sites for hydroxylation is 3. The molecule has 0 aliphatic heterocycles. The van der Waals surface area contributed by atoms with E-state index >= 15 is 0 Å². The van der Waals surface area contributed by atoms with Crippen molar-refractivity contribution in [3.05, 3.63) is 71.3 Å². The lowest BCUT2D eigenvalue weighted by Crippen LogP contribution is -2.02. The first-order valence-electron chi connectivity index (χ1n) is 12.9. The Morgan fingerprint density at radius 3 is 1.19 bits per heavy atom. The van der Waals surface area contributed by atoms with E-state index in [0.717, 1.165) is 16.7 Å². The van der Waals surface area contributed by atoms with E-state index in [1.165, 1.54) is 0 Å². The van der Waals surface area contributed by atoms with Crippen molar-refractivity contribution in [2.45, 2.75) is 62.3 Å². The van der Waals surface area contributed by atoms with Gasteiger partial charge in [0.05, 0.1) is 23.8 Å². The third kappa shape index (κ3) is 7.78. The normalized spacial score (nSPS) is 9.57. The molecule has 6 heteroatoms. The number of aromatic hydroxyl groups is 2. The predicted molar refractivity (Wildman–Crippen MR) is 154 cm³/mol. The Balaban J connectivity index is 0.00000106. The van der Waals surface area contributed by atoms with Crippen molar-refractivity contribution in [1.82, 2.24) is 15.0 Å². The van der Waals surface area contributed by atoms with Crippen molar-refractivity contribution in [2.75, 3.05) is 7.11 Å². The second-order valence-corrected chi connectivity index (χ2v) is 7.55. The largest absolute Gasteiger partial charge is 0.507 e. The Kier molecular flexibility index (Phi) is 12.8. The van der Waals surface area contributed by atoms with Gasteiger partial charge in [0.1, 0.15) is 17.2 Å². The molecule has 0 saturated carbocycles. The molecular weight excluding hydrogens is 462 g/mol. The van der Waals surface area contributed by atoms with E-state index < -0.39 is 0 Å². The molecule has 0 fully saturated rings. The van der Waals surface area contributed by atoms with Gasteiger partial charge in [-0.25, -0.2) is 15.0 Å². The molecule has 6 nitrogen and oxygen atoms in total. The summed E-state index contributed by atoms with van der Waals surface area (Å²) in [5.74, 6) is 1.78. The van der Waals surface area contributed by atoms with Gasteiger partial charge in [0.15, 0.2) is 17.5 Å².